The summed E-state index contributed by atoms with van der Waals surface area (Å²) in [4.78, 5) is 37.3. The van der Waals surface area contributed by atoms with Gasteiger partial charge < -0.3 is 28.5 Å². The van der Waals surface area contributed by atoms with Crippen molar-refractivity contribution in [1.82, 2.24) is 0 Å². The number of likely N-dealkylation sites (N-methyl/N-ethyl adjacent to an activating group) is 1. The Morgan fingerprint density at radius 2 is 0.851 bits per heavy atom. The molecule has 0 aromatic heterocycles. The molecule has 0 bridgehead atoms. The van der Waals surface area contributed by atoms with Crippen LogP contribution in [0.1, 0.15) is 181 Å². The molecule has 0 rings (SSSR count). The van der Waals surface area contributed by atoms with Crippen LogP contribution in [-0.2, 0) is 33.3 Å². The molecule has 0 radical (unpaired) electrons. The molecule has 2 unspecified atom stereocenters. The van der Waals surface area contributed by atoms with E-state index in [2.05, 4.69) is 123 Å². The lowest BCUT2D eigenvalue weighted by atomic mass is 10.1. The third-order valence-electron chi connectivity index (χ3n) is 10.5. The van der Waals surface area contributed by atoms with Crippen molar-refractivity contribution in [3.8, 4) is 0 Å². The molecule has 2 atom stereocenters. The normalized spacial score (nSPS) is 13.7. The van der Waals surface area contributed by atoms with Gasteiger partial charge in [0.05, 0.1) is 34.4 Å². The van der Waals surface area contributed by atoms with Crippen molar-refractivity contribution in [2.75, 3.05) is 47.5 Å². The first-order valence-electron chi connectivity index (χ1n) is 26.1. The zero-order valence-electron chi connectivity index (χ0n) is 43.0. The van der Waals surface area contributed by atoms with E-state index in [4.69, 9.17) is 18.9 Å². The lowest BCUT2D eigenvalue weighted by Crippen LogP contribution is -2.40. The first kappa shape index (κ1) is 63.0. The number of carboxylic acid groups (broad SMARTS) is 1. The third-order valence-corrected chi connectivity index (χ3v) is 10.5. The number of unbranched alkanes of at least 4 members (excludes halogenated alkanes) is 13. The van der Waals surface area contributed by atoms with E-state index in [1.54, 1.807) is 0 Å². The van der Waals surface area contributed by atoms with Crippen LogP contribution < -0.4 is 0 Å². The molecule has 67 heavy (non-hydrogen) atoms. The van der Waals surface area contributed by atoms with Crippen molar-refractivity contribution >= 4 is 17.9 Å². The number of hydrogen-bond acceptors (Lipinski definition) is 7. The second-order valence-electron chi connectivity index (χ2n) is 18.1. The highest BCUT2D eigenvalue weighted by molar-refractivity contribution is 5.71. The molecule has 0 aliphatic heterocycles. The number of carboxylic acids is 1. The molecule has 0 heterocycles. The Labute approximate surface area is 409 Å². The van der Waals surface area contributed by atoms with Gasteiger partial charge in [0, 0.05) is 12.8 Å². The first-order chi connectivity index (χ1) is 32.6. The molecule has 0 spiro atoms. The van der Waals surface area contributed by atoms with Crippen LogP contribution in [0.15, 0.2) is 109 Å². The maximum atomic E-state index is 12.8. The van der Waals surface area contributed by atoms with Crippen molar-refractivity contribution in [1.29, 1.82) is 0 Å². The van der Waals surface area contributed by atoms with Crippen LogP contribution >= 0.6 is 0 Å². The van der Waals surface area contributed by atoms with Crippen molar-refractivity contribution in [3.63, 3.8) is 0 Å². The zero-order chi connectivity index (χ0) is 49.2. The summed E-state index contributed by atoms with van der Waals surface area (Å²) in [6.45, 7) is 4.67. The Morgan fingerprint density at radius 3 is 1.31 bits per heavy atom. The molecule has 0 fully saturated rings. The Hall–Kier alpha value is -4.05. The fraction of sp³-hybridized carbons (Fsp3) is 0.638. The van der Waals surface area contributed by atoms with Crippen LogP contribution in [0.3, 0.4) is 0 Å². The van der Waals surface area contributed by atoms with Gasteiger partial charge in [-0.2, -0.15) is 0 Å². The number of nitrogens with zero attached hydrogens (tertiary/aromatic N) is 1. The van der Waals surface area contributed by atoms with Crippen LogP contribution in [0.2, 0.25) is 0 Å². The monoisotopic (exact) mass is 935 g/mol. The van der Waals surface area contributed by atoms with Crippen LogP contribution in [-0.4, -0.2) is 87.4 Å². The van der Waals surface area contributed by atoms with Gasteiger partial charge in [0.15, 0.2) is 6.10 Å². The van der Waals surface area contributed by atoms with E-state index in [1.165, 1.54) is 44.9 Å². The predicted octanol–water partition coefficient (Wildman–Crippen LogP) is 14.8. The summed E-state index contributed by atoms with van der Waals surface area (Å²) < 4.78 is 22.7. The number of aliphatic carboxylic acids is 1. The average molecular weight is 935 g/mol. The smallest absolute Gasteiger partial charge is 0.361 e. The van der Waals surface area contributed by atoms with Gasteiger partial charge in [0.25, 0.3) is 6.29 Å². The van der Waals surface area contributed by atoms with Crippen LogP contribution in [0.4, 0.5) is 0 Å². The zero-order valence-corrected chi connectivity index (χ0v) is 43.0. The van der Waals surface area contributed by atoms with E-state index in [-0.39, 0.29) is 38.6 Å². The number of rotatable bonds is 46. The summed E-state index contributed by atoms with van der Waals surface area (Å²) in [7, 11) is 5.93. The van der Waals surface area contributed by atoms with E-state index >= 15 is 0 Å². The number of esters is 2. The van der Waals surface area contributed by atoms with Gasteiger partial charge in [-0.15, -0.1) is 0 Å². The number of quaternary nitrogens is 1. The minimum absolute atomic E-state index is 0.172. The van der Waals surface area contributed by atoms with Gasteiger partial charge in [-0.25, -0.2) is 4.79 Å². The highest BCUT2D eigenvalue weighted by atomic mass is 16.7. The average Bonchev–Trinajstić information content (AvgIpc) is 3.29. The third kappa shape index (κ3) is 49.7. The van der Waals surface area contributed by atoms with Gasteiger partial charge in [0.2, 0.25) is 0 Å². The molecule has 0 amide bonds. The van der Waals surface area contributed by atoms with Gasteiger partial charge in [-0.05, 0) is 103 Å². The van der Waals surface area contributed by atoms with Gasteiger partial charge in [-0.1, -0.05) is 175 Å². The highest BCUT2D eigenvalue weighted by Gasteiger charge is 2.25. The Balaban J connectivity index is 4.46. The molecule has 0 aliphatic carbocycles. The molecule has 0 saturated carbocycles. The van der Waals surface area contributed by atoms with E-state index in [0.717, 1.165) is 103 Å². The standard InChI is InChI=1S/C58H95NO8/c1-6-8-10-12-14-16-18-20-22-23-24-25-26-27-28-29-30-31-32-33-35-37-39-41-43-45-47-49-56(61)67-54(53-66-58(57(62)63)64-51-50-59(3,4)5)52-65-55(60)48-46-44-42-40-38-36-34-21-19-17-15-13-11-9-7-2/h8,10,14,16,20-22,24-25,27-28,30-31,33-35,39,41,54,58H,6-7,9,11-13,15,17-19,23,26,29,32,36-38,40,42-53H2,1-5H3/p+1/b10-8-,16-14-,22-20-,25-24-,28-27-,31-30-,34-21-,35-33-,41-39-. The predicted molar refractivity (Wildman–Crippen MR) is 281 cm³/mol. The molecule has 0 saturated heterocycles. The molecule has 1 N–H and O–H groups in total. The summed E-state index contributed by atoms with van der Waals surface area (Å²) in [5.74, 6) is -2.09. The maximum absolute atomic E-state index is 12.8. The Morgan fingerprint density at radius 1 is 0.463 bits per heavy atom. The molecule has 380 valence electrons. The number of allylic oxidation sites excluding steroid dienone is 18. The second kappa shape index (κ2) is 48.4. The molecule has 0 aromatic carbocycles. The Kier molecular flexibility index (Phi) is 45.5. The molecule has 0 aromatic rings. The van der Waals surface area contributed by atoms with Crippen LogP contribution in [0.5, 0.6) is 0 Å². The quantitative estimate of drug-likeness (QED) is 0.0211. The van der Waals surface area contributed by atoms with E-state index in [1.807, 2.05) is 21.1 Å². The molecule has 9 heteroatoms. The fourth-order valence-corrected chi connectivity index (χ4v) is 6.49. The number of carbonyl (C=O) groups excluding carboxylic acids is 2. The molecular weight excluding hydrogens is 839 g/mol. The lowest BCUT2D eigenvalue weighted by molar-refractivity contribution is -0.870. The van der Waals surface area contributed by atoms with Gasteiger partial charge >= 0.3 is 17.9 Å². The minimum atomic E-state index is -1.53. The molecule has 0 aliphatic rings. The number of carbonyl (C=O) groups is 3. The summed E-state index contributed by atoms with van der Waals surface area (Å²) in [5.41, 5.74) is 0. The lowest BCUT2D eigenvalue weighted by Gasteiger charge is -2.25. The Bertz CT molecular complexity index is 1460. The first-order valence-corrected chi connectivity index (χ1v) is 26.1. The van der Waals surface area contributed by atoms with E-state index in [0.29, 0.717) is 17.4 Å². The molecular formula is C58H96NO8+. The highest BCUT2D eigenvalue weighted by Crippen LogP contribution is 2.12. The van der Waals surface area contributed by atoms with E-state index < -0.39 is 24.3 Å². The van der Waals surface area contributed by atoms with Crippen LogP contribution in [0, 0.1) is 0 Å². The van der Waals surface area contributed by atoms with Gasteiger partial charge in [0.1, 0.15) is 13.2 Å². The largest absolute Gasteiger partial charge is 0.477 e. The fourth-order valence-electron chi connectivity index (χ4n) is 6.49. The van der Waals surface area contributed by atoms with Crippen molar-refractivity contribution in [2.24, 2.45) is 0 Å². The molecule has 9 nitrogen and oxygen atoms in total. The van der Waals surface area contributed by atoms with Crippen molar-refractivity contribution in [3.05, 3.63) is 109 Å². The van der Waals surface area contributed by atoms with Crippen LogP contribution in [0.25, 0.3) is 0 Å². The SMILES string of the molecule is CC/C=C\C/C=C\C/C=C\C/C=C\C/C=C\C/C=C\C/C=C\C/C=C\CCCCC(=O)OC(COC(=O)CCCCCCC/C=C\CCCCCCCC)COC(OCC[N+](C)(C)C)C(=O)O. The summed E-state index contributed by atoms with van der Waals surface area (Å²) in [6, 6.07) is 0. The summed E-state index contributed by atoms with van der Waals surface area (Å²) >= 11 is 0. The topological polar surface area (TPSA) is 108 Å². The summed E-state index contributed by atoms with van der Waals surface area (Å²) in [5, 5.41) is 9.67. The van der Waals surface area contributed by atoms with Crippen molar-refractivity contribution in [2.45, 2.75) is 193 Å². The number of ether oxygens (including phenoxy) is 4. The minimum Gasteiger partial charge on any atom is -0.477 e. The second-order valence-corrected chi connectivity index (χ2v) is 18.1. The van der Waals surface area contributed by atoms with E-state index in [9.17, 15) is 19.5 Å². The summed E-state index contributed by atoms with van der Waals surface area (Å²) in [6.07, 6.45) is 63.0. The number of hydrogen-bond donors (Lipinski definition) is 1. The maximum Gasteiger partial charge on any atom is 0.361 e. The van der Waals surface area contributed by atoms with Crippen molar-refractivity contribution < 1.29 is 42.9 Å². The van der Waals surface area contributed by atoms with Gasteiger partial charge in [-0.3, -0.25) is 9.59 Å².